The molecule has 3 heterocycles. The van der Waals surface area contributed by atoms with E-state index < -0.39 is 23.6 Å². The summed E-state index contributed by atoms with van der Waals surface area (Å²) in [6, 6.07) is 14.4. The van der Waals surface area contributed by atoms with E-state index in [4.69, 9.17) is 4.74 Å². The minimum absolute atomic E-state index is 0.0350. The highest BCUT2D eigenvalue weighted by molar-refractivity contribution is 6.04. The smallest absolute Gasteiger partial charge is 0.433 e. The number of alkyl halides is 3. The van der Waals surface area contributed by atoms with Crippen LogP contribution in [0.3, 0.4) is 0 Å². The monoisotopic (exact) mass is 538 g/mol. The van der Waals surface area contributed by atoms with Gasteiger partial charge in [0.05, 0.1) is 36.4 Å². The Bertz CT molecular complexity index is 1690. The Kier molecular flexibility index (Phi) is 6.54. The summed E-state index contributed by atoms with van der Waals surface area (Å²) >= 11 is 0. The Balaban J connectivity index is 1.46. The summed E-state index contributed by atoms with van der Waals surface area (Å²) < 4.78 is 62.6. The van der Waals surface area contributed by atoms with Crippen LogP contribution in [-0.4, -0.2) is 37.4 Å². The third-order valence-corrected chi connectivity index (χ3v) is 6.18. The molecule has 8 nitrogen and oxygen atoms in total. The number of benzene rings is 2. The van der Waals surface area contributed by atoms with Crippen molar-refractivity contribution in [3.05, 3.63) is 94.8 Å². The van der Waals surface area contributed by atoms with Crippen LogP contribution < -0.4 is 10.1 Å². The lowest BCUT2D eigenvalue weighted by Crippen LogP contribution is -2.16. The predicted octanol–water partition coefficient (Wildman–Crippen LogP) is 5.68. The lowest BCUT2D eigenvalue weighted by Gasteiger charge is -2.11. The van der Waals surface area contributed by atoms with Crippen molar-refractivity contribution in [2.24, 2.45) is 0 Å². The lowest BCUT2D eigenvalue weighted by molar-refractivity contribution is -0.142. The maximum atomic E-state index is 13.9. The molecule has 200 valence electrons. The molecule has 12 heteroatoms. The number of halogens is 4. The molecule has 0 aliphatic heterocycles. The largest absolute Gasteiger partial charge is 0.497 e. The fraction of sp³-hybridized carbons (Fsp3) is 0.185. The van der Waals surface area contributed by atoms with Crippen LogP contribution >= 0.6 is 0 Å². The second-order valence-corrected chi connectivity index (χ2v) is 8.84. The molecule has 0 saturated heterocycles. The Morgan fingerprint density at radius 3 is 2.46 bits per heavy atom. The summed E-state index contributed by atoms with van der Waals surface area (Å²) in [5, 5.41) is 11.1. The zero-order valence-electron chi connectivity index (χ0n) is 21.0. The molecule has 5 aromatic rings. The molecular formula is C27H22F4N6O2. The molecule has 0 fully saturated rings. The fourth-order valence-electron chi connectivity index (χ4n) is 4.21. The quantitative estimate of drug-likeness (QED) is 0.281. The Hall–Kier alpha value is -4.74. The molecule has 0 bridgehead atoms. The molecule has 0 aliphatic carbocycles. The zero-order valence-corrected chi connectivity index (χ0v) is 21.0. The topological polar surface area (TPSA) is 86.3 Å². The van der Waals surface area contributed by atoms with Crippen molar-refractivity contribution < 1.29 is 27.1 Å². The number of anilines is 1. The first kappa shape index (κ1) is 25.9. The molecule has 1 N–H and O–H groups in total. The molecule has 0 aliphatic rings. The first-order valence-corrected chi connectivity index (χ1v) is 11.8. The molecule has 0 spiro atoms. The second-order valence-electron chi connectivity index (χ2n) is 8.84. The van der Waals surface area contributed by atoms with Crippen LogP contribution in [0.1, 0.15) is 33.1 Å². The van der Waals surface area contributed by atoms with Gasteiger partial charge in [-0.3, -0.25) is 9.48 Å². The summed E-state index contributed by atoms with van der Waals surface area (Å²) in [6.45, 7) is 3.91. The van der Waals surface area contributed by atoms with Crippen LogP contribution in [0.4, 0.5) is 23.2 Å². The van der Waals surface area contributed by atoms with Gasteiger partial charge in [0.1, 0.15) is 11.6 Å². The third kappa shape index (κ3) is 5.17. The second kappa shape index (κ2) is 9.86. The number of amides is 1. The number of rotatable bonds is 6. The molecule has 1 amide bonds. The molecule has 0 radical (unpaired) electrons. The van der Waals surface area contributed by atoms with Crippen molar-refractivity contribution in [3.8, 4) is 17.0 Å². The molecule has 5 rings (SSSR count). The standard InChI is InChI=1S/C27H22F4N6O2/c1-15-25(16(2)36(34-15)14-17-5-4-6-20(11-17)39-3)33-26(38)22-13-24-32-21(18-7-9-19(28)10-8-18)12-23(27(29,30)31)37(24)35-22/h4-13H,14H2,1-3H3,(H,33,38). The van der Waals surface area contributed by atoms with Crippen LogP contribution in [0.5, 0.6) is 5.75 Å². The minimum Gasteiger partial charge on any atom is -0.497 e. The predicted molar refractivity (Wildman–Crippen MR) is 135 cm³/mol. The third-order valence-electron chi connectivity index (χ3n) is 6.18. The van der Waals surface area contributed by atoms with Gasteiger partial charge in [-0.15, -0.1) is 0 Å². The van der Waals surface area contributed by atoms with E-state index in [1.807, 2.05) is 24.3 Å². The van der Waals surface area contributed by atoms with Crippen molar-refractivity contribution in [1.82, 2.24) is 24.4 Å². The molecule has 0 atom stereocenters. The van der Waals surface area contributed by atoms with E-state index in [2.05, 4.69) is 20.5 Å². The molecule has 2 aromatic carbocycles. The van der Waals surface area contributed by atoms with Gasteiger partial charge in [0.25, 0.3) is 5.91 Å². The highest BCUT2D eigenvalue weighted by Crippen LogP contribution is 2.32. The molecular weight excluding hydrogens is 516 g/mol. The zero-order chi connectivity index (χ0) is 27.9. The van der Waals surface area contributed by atoms with Gasteiger partial charge in [-0.1, -0.05) is 12.1 Å². The van der Waals surface area contributed by atoms with Gasteiger partial charge in [-0.2, -0.15) is 23.4 Å². The summed E-state index contributed by atoms with van der Waals surface area (Å²) in [7, 11) is 1.58. The summed E-state index contributed by atoms with van der Waals surface area (Å²) in [5.74, 6) is -0.551. The van der Waals surface area contributed by atoms with Crippen molar-refractivity contribution in [1.29, 1.82) is 0 Å². The molecule has 0 saturated carbocycles. The van der Waals surface area contributed by atoms with Gasteiger partial charge < -0.3 is 10.1 Å². The van der Waals surface area contributed by atoms with Gasteiger partial charge in [-0.25, -0.2) is 13.9 Å². The van der Waals surface area contributed by atoms with Crippen LogP contribution in [0.15, 0.2) is 60.7 Å². The number of carbonyl (C=O) groups excluding carboxylic acids is 1. The lowest BCUT2D eigenvalue weighted by atomic mass is 10.1. The number of hydrogen-bond acceptors (Lipinski definition) is 5. The van der Waals surface area contributed by atoms with E-state index in [9.17, 15) is 22.4 Å². The fourth-order valence-corrected chi connectivity index (χ4v) is 4.21. The SMILES string of the molecule is COc1cccc(Cn2nc(C)c(NC(=O)c3cc4nc(-c5ccc(F)cc5)cc(C(F)(F)F)n4n3)c2C)c1. The number of nitrogens with zero attached hydrogens (tertiary/aromatic N) is 5. The van der Waals surface area contributed by atoms with Gasteiger partial charge in [0.15, 0.2) is 17.0 Å². The van der Waals surface area contributed by atoms with Gasteiger partial charge in [0.2, 0.25) is 0 Å². The number of ether oxygens (including phenoxy) is 1. The van der Waals surface area contributed by atoms with E-state index in [0.29, 0.717) is 33.9 Å². The Labute approximate surface area is 219 Å². The number of hydrogen-bond donors (Lipinski definition) is 1. The van der Waals surface area contributed by atoms with E-state index in [1.165, 1.54) is 18.2 Å². The maximum absolute atomic E-state index is 13.9. The van der Waals surface area contributed by atoms with Crippen molar-refractivity contribution in [2.45, 2.75) is 26.6 Å². The average Bonchev–Trinajstić information content (AvgIpc) is 3.44. The Morgan fingerprint density at radius 1 is 1.03 bits per heavy atom. The van der Waals surface area contributed by atoms with E-state index in [0.717, 1.165) is 23.8 Å². The number of methoxy groups -OCH3 is 1. The average molecular weight is 539 g/mol. The number of fused-ring (bicyclic) bond motifs is 1. The van der Waals surface area contributed by atoms with Crippen LogP contribution in [0.2, 0.25) is 0 Å². The number of aryl methyl sites for hydroxylation is 1. The highest BCUT2D eigenvalue weighted by atomic mass is 19.4. The summed E-state index contributed by atoms with van der Waals surface area (Å²) in [4.78, 5) is 17.3. The number of aromatic nitrogens is 5. The molecule has 0 unspecified atom stereocenters. The van der Waals surface area contributed by atoms with Crippen molar-refractivity contribution >= 4 is 17.2 Å². The van der Waals surface area contributed by atoms with Crippen molar-refractivity contribution in [2.75, 3.05) is 12.4 Å². The van der Waals surface area contributed by atoms with E-state index in [1.54, 1.807) is 25.6 Å². The highest BCUT2D eigenvalue weighted by Gasteiger charge is 2.35. The van der Waals surface area contributed by atoms with Gasteiger partial charge in [-0.05, 0) is 61.9 Å². The number of carbonyl (C=O) groups is 1. The van der Waals surface area contributed by atoms with Crippen LogP contribution in [0.25, 0.3) is 16.9 Å². The normalized spacial score (nSPS) is 11.7. The van der Waals surface area contributed by atoms with E-state index >= 15 is 0 Å². The maximum Gasteiger partial charge on any atom is 0.433 e. The first-order chi connectivity index (χ1) is 18.5. The van der Waals surface area contributed by atoms with E-state index in [-0.39, 0.29) is 22.6 Å². The van der Waals surface area contributed by atoms with Crippen LogP contribution in [-0.2, 0) is 12.7 Å². The van der Waals surface area contributed by atoms with Gasteiger partial charge in [0, 0.05) is 11.6 Å². The Morgan fingerprint density at radius 2 is 1.77 bits per heavy atom. The first-order valence-electron chi connectivity index (χ1n) is 11.8. The van der Waals surface area contributed by atoms with Crippen molar-refractivity contribution in [3.63, 3.8) is 0 Å². The summed E-state index contributed by atoms with van der Waals surface area (Å²) in [6.07, 6.45) is -4.79. The minimum atomic E-state index is -4.79. The van der Waals surface area contributed by atoms with Crippen LogP contribution in [0, 0.1) is 19.7 Å². The van der Waals surface area contributed by atoms with Gasteiger partial charge >= 0.3 is 6.18 Å². The molecule has 3 aromatic heterocycles. The number of nitrogens with one attached hydrogen (secondary N) is 1. The summed E-state index contributed by atoms with van der Waals surface area (Å²) in [5.41, 5.74) is 1.22. The molecule has 39 heavy (non-hydrogen) atoms.